The molecule has 12 heavy (non-hydrogen) atoms. The Labute approximate surface area is 67.0 Å². The molecule has 0 radical (unpaired) electrons. The summed E-state index contributed by atoms with van der Waals surface area (Å²) < 4.78 is 37.2. The standard InChI is InChI=1S/C6H8F3N3/c1-12-3-4(2-11-12)5(10)6(7,8)9/h2-3,5H,10H2,1H3/t5-/m1/s1. The number of nitrogens with two attached hydrogens (primary N) is 1. The van der Waals surface area contributed by atoms with Crippen LogP contribution in [0.2, 0.25) is 0 Å². The van der Waals surface area contributed by atoms with Crippen LogP contribution in [0.15, 0.2) is 12.4 Å². The highest BCUT2D eigenvalue weighted by molar-refractivity contribution is 5.11. The Morgan fingerprint density at radius 3 is 2.50 bits per heavy atom. The van der Waals surface area contributed by atoms with Gasteiger partial charge in [-0.2, -0.15) is 18.3 Å². The lowest BCUT2D eigenvalue weighted by atomic mass is 10.2. The number of aromatic nitrogens is 2. The van der Waals surface area contributed by atoms with Crippen molar-refractivity contribution in [3.05, 3.63) is 18.0 Å². The van der Waals surface area contributed by atoms with Crippen LogP contribution in [0.3, 0.4) is 0 Å². The molecular weight excluding hydrogens is 171 g/mol. The Balaban J connectivity index is 2.85. The van der Waals surface area contributed by atoms with Crippen LogP contribution in [0.4, 0.5) is 13.2 Å². The number of rotatable bonds is 1. The molecule has 0 saturated carbocycles. The average molecular weight is 179 g/mol. The summed E-state index contributed by atoms with van der Waals surface area (Å²) in [7, 11) is 1.53. The zero-order valence-electron chi connectivity index (χ0n) is 6.34. The number of hydrogen-bond acceptors (Lipinski definition) is 2. The summed E-state index contributed by atoms with van der Waals surface area (Å²) in [4.78, 5) is 0. The fourth-order valence-electron chi connectivity index (χ4n) is 0.790. The van der Waals surface area contributed by atoms with E-state index in [1.165, 1.54) is 17.9 Å². The minimum absolute atomic E-state index is 0.0231. The molecule has 0 spiro atoms. The Morgan fingerprint density at radius 2 is 2.17 bits per heavy atom. The van der Waals surface area contributed by atoms with Crippen LogP contribution in [-0.4, -0.2) is 16.0 Å². The molecule has 3 nitrogen and oxygen atoms in total. The van der Waals surface area contributed by atoms with Crippen molar-refractivity contribution in [2.45, 2.75) is 12.2 Å². The fourth-order valence-corrected chi connectivity index (χ4v) is 0.790. The van der Waals surface area contributed by atoms with Crippen molar-refractivity contribution < 1.29 is 13.2 Å². The van der Waals surface area contributed by atoms with Gasteiger partial charge in [-0.05, 0) is 0 Å². The predicted octanol–water partition coefficient (Wildman–Crippen LogP) is 0.982. The van der Waals surface area contributed by atoms with E-state index < -0.39 is 12.2 Å². The first-order chi connectivity index (χ1) is 5.41. The van der Waals surface area contributed by atoms with E-state index in [0.29, 0.717) is 0 Å². The normalized spacial score (nSPS) is 14.8. The third-order valence-electron chi connectivity index (χ3n) is 1.44. The summed E-state index contributed by atoms with van der Waals surface area (Å²) in [5.74, 6) is 0. The first-order valence-corrected chi connectivity index (χ1v) is 3.22. The number of hydrogen-bond donors (Lipinski definition) is 1. The van der Waals surface area contributed by atoms with E-state index in [1.807, 2.05) is 0 Å². The van der Waals surface area contributed by atoms with E-state index in [2.05, 4.69) is 5.10 Å². The highest BCUT2D eigenvalue weighted by Crippen LogP contribution is 2.29. The average Bonchev–Trinajstić information content (AvgIpc) is 2.32. The maximum Gasteiger partial charge on any atom is 0.407 e. The Morgan fingerprint density at radius 1 is 1.58 bits per heavy atom. The minimum atomic E-state index is -4.40. The second-order valence-corrected chi connectivity index (χ2v) is 2.47. The van der Waals surface area contributed by atoms with Gasteiger partial charge in [0, 0.05) is 18.8 Å². The molecule has 0 aliphatic rings. The Bertz CT molecular complexity index is 265. The Kier molecular flexibility index (Phi) is 2.10. The van der Waals surface area contributed by atoms with Crippen molar-refractivity contribution in [2.24, 2.45) is 12.8 Å². The maximum atomic E-state index is 12.0. The lowest BCUT2D eigenvalue weighted by Crippen LogP contribution is -2.28. The van der Waals surface area contributed by atoms with E-state index in [9.17, 15) is 13.2 Å². The van der Waals surface area contributed by atoms with Gasteiger partial charge in [0.2, 0.25) is 0 Å². The third-order valence-corrected chi connectivity index (χ3v) is 1.44. The summed E-state index contributed by atoms with van der Waals surface area (Å²) in [6, 6.07) is -1.94. The lowest BCUT2D eigenvalue weighted by Gasteiger charge is -2.12. The number of alkyl halides is 3. The molecule has 0 aromatic carbocycles. The molecule has 0 unspecified atom stereocenters. The molecule has 1 aromatic rings. The third kappa shape index (κ3) is 1.76. The molecule has 1 heterocycles. The van der Waals surface area contributed by atoms with E-state index in [0.717, 1.165) is 6.20 Å². The monoisotopic (exact) mass is 179 g/mol. The molecule has 1 atom stereocenters. The van der Waals surface area contributed by atoms with Gasteiger partial charge in [0.05, 0.1) is 6.20 Å². The van der Waals surface area contributed by atoms with E-state index in [-0.39, 0.29) is 5.56 Å². The molecule has 1 aromatic heterocycles. The van der Waals surface area contributed by atoms with Gasteiger partial charge in [0.25, 0.3) is 0 Å². The first kappa shape index (κ1) is 9.05. The van der Waals surface area contributed by atoms with Gasteiger partial charge in [-0.1, -0.05) is 0 Å². The van der Waals surface area contributed by atoms with Crippen LogP contribution in [0.5, 0.6) is 0 Å². The second-order valence-electron chi connectivity index (χ2n) is 2.47. The first-order valence-electron chi connectivity index (χ1n) is 3.22. The second kappa shape index (κ2) is 2.78. The van der Waals surface area contributed by atoms with Crippen LogP contribution in [0.1, 0.15) is 11.6 Å². The molecule has 68 valence electrons. The van der Waals surface area contributed by atoms with Gasteiger partial charge in [-0.3, -0.25) is 4.68 Å². The van der Waals surface area contributed by atoms with Crippen molar-refractivity contribution in [3.8, 4) is 0 Å². The number of halogens is 3. The van der Waals surface area contributed by atoms with Gasteiger partial charge in [-0.15, -0.1) is 0 Å². The van der Waals surface area contributed by atoms with Crippen molar-refractivity contribution in [3.63, 3.8) is 0 Å². The highest BCUT2D eigenvalue weighted by atomic mass is 19.4. The minimum Gasteiger partial charge on any atom is -0.316 e. The number of aryl methyl sites for hydroxylation is 1. The molecule has 0 fully saturated rings. The summed E-state index contributed by atoms with van der Waals surface area (Å²) in [6.07, 6.45) is -2.04. The van der Waals surface area contributed by atoms with Crippen LogP contribution < -0.4 is 5.73 Å². The van der Waals surface area contributed by atoms with Crippen LogP contribution >= 0.6 is 0 Å². The van der Waals surface area contributed by atoms with Gasteiger partial charge >= 0.3 is 6.18 Å². The van der Waals surface area contributed by atoms with Gasteiger partial charge in [0.1, 0.15) is 6.04 Å². The van der Waals surface area contributed by atoms with Crippen LogP contribution in [-0.2, 0) is 7.05 Å². The summed E-state index contributed by atoms with van der Waals surface area (Å²) in [6.45, 7) is 0. The molecule has 0 saturated heterocycles. The molecule has 6 heteroatoms. The van der Waals surface area contributed by atoms with Crippen molar-refractivity contribution in [1.82, 2.24) is 9.78 Å². The van der Waals surface area contributed by atoms with Crippen LogP contribution in [0, 0.1) is 0 Å². The SMILES string of the molecule is Cn1cc([C@@H](N)C(F)(F)F)cn1. The number of nitrogens with zero attached hydrogens (tertiary/aromatic N) is 2. The van der Waals surface area contributed by atoms with Gasteiger partial charge < -0.3 is 5.73 Å². The fraction of sp³-hybridized carbons (Fsp3) is 0.500. The van der Waals surface area contributed by atoms with E-state index >= 15 is 0 Å². The quantitative estimate of drug-likeness (QED) is 0.698. The van der Waals surface area contributed by atoms with Gasteiger partial charge in [-0.25, -0.2) is 0 Å². The topological polar surface area (TPSA) is 43.8 Å². The molecule has 0 bridgehead atoms. The highest BCUT2D eigenvalue weighted by Gasteiger charge is 2.38. The smallest absolute Gasteiger partial charge is 0.316 e. The molecule has 1 rings (SSSR count). The predicted molar refractivity (Wildman–Crippen MR) is 36.2 cm³/mol. The Hall–Kier alpha value is -1.04. The van der Waals surface area contributed by atoms with Gasteiger partial charge in [0.15, 0.2) is 0 Å². The van der Waals surface area contributed by atoms with Crippen LogP contribution in [0.25, 0.3) is 0 Å². The largest absolute Gasteiger partial charge is 0.407 e. The summed E-state index contributed by atoms with van der Waals surface area (Å²) >= 11 is 0. The molecule has 0 aliphatic carbocycles. The van der Waals surface area contributed by atoms with Crippen molar-refractivity contribution >= 4 is 0 Å². The zero-order valence-corrected chi connectivity index (χ0v) is 6.34. The molecule has 0 amide bonds. The molecular formula is C6H8F3N3. The van der Waals surface area contributed by atoms with E-state index in [4.69, 9.17) is 5.73 Å². The molecule has 0 aliphatic heterocycles. The van der Waals surface area contributed by atoms with Crippen molar-refractivity contribution in [1.29, 1.82) is 0 Å². The maximum absolute atomic E-state index is 12.0. The summed E-state index contributed by atoms with van der Waals surface area (Å²) in [5, 5.41) is 3.59. The van der Waals surface area contributed by atoms with Crippen molar-refractivity contribution in [2.75, 3.05) is 0 Å². The molecule has 2 N–H and O–H groups in total. The van der Waals surface area contributed by atoms with E-state index in [1.54, 1.807) is 0 Å². The zero-order chi connectivity index (χ0) is 9.35. The lowest BCUT2D eigenvalue weighted by molar-refractivity contribution is -0.149. The summed E-state index contributed by atoms with van der Waals surface area (Å²) in [5.41, 5.74) is 4.88.